The van der Waals surface area contributed by atoms with Crippen LogP contribution in [0.4, 0.5) is 11.4 Å². The van der Waals surface area contributed by atoms with Gasteiger partial charge in [-0.2, -0.15) is 0 Å². The van der Waals surface area contributed by atoms with Crippen molar-refractivity contribution in [2.45, 2.75) is 65.4 Å². The van der Waals surface area contributed by atoms with Crippen LogP contribution in [0.5, 0.6) is 0 Å². The molecule has 2 aliphatic rings. The van der Waals surface area contributed by atoms with Gasteiger partial charge in [-0.1, -0.05) is 44.9 Å². The summed E-state index contributed by atoms with van der Waals surface area (Å²) in [6.07, 6.45) is 13.2. The number of anilines is 2. The number of hydrogen-bond acceptors (Lipinski definition) is 5. The van der Waals surface area contributed by atoms with Crippen molar-refractivity contribution in [1.82, 2.24) is 9.88 Å². The van der Waals surface area contributed by atoms with Crippen LogP contribution in [-0.2, 0) is 9.53 Å². The highest BCUT2D eigenvalue weighted by atomic mass is 16.5. The smallest absolute Gasteiger partial charge is 0.256 e. The molecule has 7 nitrogen and oxygen atoms in total. The number of hydrogen-bond donors (Lipinski definition) is 3. The largest absolute Gasteiger partial charge is 0.399 e. The van der Waals surface area contributed by atoms with Crippen LogP contribution in [0, 0.1) is 6.92 Å². The van der Waals surface area contributed by atoms with Crippen LogP contribution < -0.4 is 11.1 Å². The van der Waals surface area contributed by atoms with Crippen LogP contribution in [-0.4, -0.2) is 54.4 Å². The maximum absolute atomic E-state index is 13.7. The van der Waals surface area contributed by atoms with Gasteiger partial charge in [0.25, 0.3) is 5.91 Å². The minimum absolute atomic E-state index is 0.123. The summed E-state index contributed by atoms with van der Waals surface area (Å²) in [6, 6.07) is 5.40. The van der Waals surface area contributed by atoms with Crippen LogP contribution in [0.3, 0.4) is 0 Å². The van der Waals surface area contributed by atoms with Crippen molar-refractivity contribution in [2.75, 3.05) is 37.8 Å². The van der Waals surface area contributed by atoms with Crippen LogP contribution in [0.25, 0.3) is 17.2 Å². The number of carbonyl (C=O) groups is 2. The number of methoxy groups -OCH3 is 1. The molecule has 208 valence electrons. The number of nitrogens with two attached hydrogens (primary N) is 1. The summed E-state index contributed by atoms with van der Waals surface area (Å²) in [6.45, 7) is 9.60. The van der Waals surface area contributed by atoms with E-state index in [1.165, 1.54) is 0 Å². The van der Waals surface area contributed by atoms with Crippen LogP contribution >= 0.6 is 0 Å². The molecule has 4 N–H and O–H groups in total. The molecule has 1 aromatic heterocycles. The number of unbranched alkanes of at least 4 members (excludes halogenated alkanes) is 3. The maximum Gasteiger partial charge on any atom is 0.256 e. The van der Waals surface area contributed by atoms with E-state index in [1.54, 1.807) is 19.2 Å². The zero-order valence-corrected chi connectivity index (χ0v) is 23.7. The Morgan fingerprint density at radius 3 is 2.69 bits per heavy atom. The van der Waals surface area contributed by atoms with Crippen molar-refractivity contribution in [1.29, 1.82) is 0 Å². The number of rotatable bonds is 13. The molecular formula is C32H42N4O3. The Labute approximate surface area is 232 Å². The number of H-pyrrole nitrogens is 1. The first-order chi connectivity index (χ1) is 18.9. The molecule has 4 rings (SSSR count). The molecule has 0 radical (unpaired) electrons. The van der Waals surface area contributed by atoms with E-state index in [0.29, 0.717) is 23.2 Å². The molecule has 1 aliphatic heterocycles. The van der Waals surface area contributed by atoms with Crippen molar-refractivity contribution < 1.29 is 14.3 Å². The maximum atomic E-state index is 13.7. The molecule has 1 atom stereocenters. The number of aryl methyl sites for hydroxylation is 1. The summed E-state index contributed by atoms with van der Waals surface area (Å²) < 4.78 is 5.82. The van der Waals surface area contributed by atoms with E-state index in [9.17, 15) is 9.59 Å². The first-order valence-corrected chi connectivity index (χ1v) is 14.2. The fourth-order valence-corrected chi connectivity index (χ4v) is 5.61. The summed E-state index contributed by atoms with van der Waals surface area (Å²) >= 11 is 0. The highest BCUT2D eigenvalue weighted by Crippen LogP contribution is 2.39. The Bertz CT molecular complexity index is 1300. The molecule has 0 saturated heterocycles. The first-order valence-electron chi connectivity index (χ1n) is 14.2. The standard InChI is InChI=1S/C32H42N4O3/c1-5-36(6-2)18-12-8-7-9-14-28(37)30-21(3)34-27(31(30)23-13-10-11-15-29(23)39-4)20-25-24-19-22(33)16-17-26(24)35-32(25)38/h10-11,13,16-17,19-20,29,34H,5-9,12,14-15,18,33H2,1-4H3,(H,35,38)/b25-20-. The number of carbonyl (C=O) groups excluding carboxylic acids is 2. The van der Waals surface area contributed by atoms with Gasteiger partial charge < -0.3 is 25.7 Å². The molecule has 2 aromatic rings. The van der Waals surface area contributed by atoms with Gasteiger partial charge in [0.05, 0.1) is 11.7 Å². The number of ketones is 1. The molecule has 0 fully saturated rings. The average Bonchev–Trinajstić information content (AvgIpc) is 3.43. The Balaban J connectivity index is 1.62. The van der Waals surface area contributed by atoms with Gasteiger partial charge in [-0.25, -0.2) is 0 Å². The number of ether oxygens (including phenoxy) is 1. The van der Waals surface area contributed by atoms with E-state index in [-0.39, 0.29) is 17.8 Å². The lowest BCUT2D eigenvalue weighted by molar-refractivity contribution is -0.110. The number of nitrogens with zero attached hydrogens (tertiary/aromatic N) is 1. The summed E-state index contributed by atoms with van der Waals surface area (Å²) in [5.41, 5.74) is 12.6. The molecule has 1 aromatic carbocycles. The lowest BCUT2D eigenvalue weighted by atomic mass is 9.88. The number of benzene rings is 1. The third-order valence-corrected chi connectivity index (χ3v) is 7.82. The van der Waals surface area contributed by atoms with Crippen molar-refractivity contribution in [3.05, 3.63) is 64.5 Å². The lowest BCUT2D eigenvalue weighted by Gasteiger charge is -2.21. The topological polar surface area (TPSA) is 100 Å². The van der Waals surface area contributed by atoms with E-state index >= 15 is 0 Å². The Morgan fingerprint density at radius 1 is 1.18 bits per heavy atom. The monoisotopic (exact) mass is 530 g/mol. The first kappa shape index (κ1) is 28.6. The predicted molar refractivity (Wildman–Crippen MR) is 161 cm³/mol. The normalized spacial score (nSPS) is 17.6. The lowest BCUT2D eigenvalue weighted by Crippen LogP contribution is -2.23. The van der Waals surface area contributed by atoms with Gasteiger partial charge in [0.1, 0.15) is 0 Å². The van der Waals surface area contributed by atoms with Gasteiger partial charge in [-0.15, -0.1) is 0 Å². The molecule has 0 bridgehead atoms. The van der Waals surface area contributed by atoms with Crippen molar-refractivity contribution in [3.8, 4) is 0 Å². The van der Waals surface area contributed by atoms with E-state index in [4.69, 9.17) is 10.5 Å². The zero-order valence-electron chi connectivity index (χ0n) is 23.7. The third kappa shape index (κ3) is 6.43. The summed E-state index contributed by atoms with van der Waals surface area (Å²) in [5.74, 6) is -0.0647. The molecular weight excluding hydrogens is 488 g/mol. The van der Waals surface area contributed by atoms with E-state index < -0.39 is 0 Å². The summed E-state index contributed by atoms with van der Waals surface area (Å²) in [4.78, 5) is 32.5. The second kappa shape index (κ2) is 13.1. The minimum Gasteiger partial charge on any atom is -0.399 e. The molecule has 2 heterocycles. The SMILES string of the molecule is CCN(CC)CCCCCCC(=O)c1c(C)[nH]c(/C=C2\C(=O)Nc3ccc(N)cc32)c1C1=CC=CCC1OC. The molecule has 1 aliphatic carbocycles. The van der Waals surface area contributed by atoms with Gasteiger partial charge in [0, 0.05) is 53.0 Å². The minimum atomic E-state index is -0.188. The number of Topliss-reactive ketones (excluding diaryl/α,β-unsaturated/α-hetero) is 1. The number of amides is 1. The highest BCUT2D eigenvalue weighted by Gasteiger charge is 2.30. The van der Waals surface area contributed by atoms with Crippen molar-refractivity contribution in [2.24, 2.45) is 0 Å². The van der Waals surface area contributed by atoms with Gasteiger partial charge in [-0.05, 0) is 75.7 Å². The van der Waals surface area contributed by atoms with Crippen LogP contribution in [0.15, 0.2) is 36.4 Å². The van der Waals surface area contributed by atoms with E-state index in [2.05, 4.69) is 35.1 Å². The molecule has 1 amide bonds. The number of allylic oxidation sites excluding steroid dienone is 2. The molecule has 0 saturated carbocycles. The van der Waals surface area contributed by atoms with Gasteiger partial charge >= 0.3 is 0 Å². The Kier molecular flexibility index (Phi) is 9.59. The summed E-state index contributed by atoms with van der Waals surface area (Å²) in [7, 11) is 1.69. The predicted octanol–water partition coefficient (Wildman–Crippen LogP) is 6.23. The quantitative estimate of drug-likeness (QED) is 0.123. The number of aromatic amines is 1. The van der Waals surface area contributed by atoms with Crippen molar-refractivity contribution >= 4 is 40.3 Å². The Hall–Kier alpha value is -3.42. The van der Waals surface area contributed by atoms with E-state index in [1.807, 2.05) is 31.2 Å². The molecule has 1 unspecified atom stereocenters. The number of fused-ring (bicyclic) bond motifs is 1. The van der Waals surface area contributed by atoms with E-state index in [0.717, 1.165) is 85.5 Å². The Morgan fingerprint density at radius 2 is 1.95 bits per heavy atom. The van der Waals surface area contributed by atoms with Crippen LogP contribution in [0.1, 0.15) is 85.2 Å². The average molecular weight is 531 g/mol. The second-order valence-corrected chi connectivity index (χ2v) is 10.4. The van der Waals surface area contributed by atoms with Gasteiger partial charge in [0.15, 0.2) is 5.78 Å². The van der Waals surface area contributed by atoms with Gasteiger partial charge in [0.2, 0.25) is 0 Å². The molecule has 39 heavy (non-hydrogen) atoms. The third-order valence-electron chi connectivity index (χ3n) is 7.82. The molecule has 0 spiro atoms. The molecule has 7 heteroatoms. The second-order valence-electron chi connectivity index (χ2n) is 10.4. The number of nitrogen functional groups attached to an aromatic ring is 1. The van der Waals surface area contributed by atoms with Crippen LogP contribution in [0.2, 0.25) is 0 Å². The highest BCUT2D eigenvalue weighted by molar-refractivity contribution is 6.35. The zero-order chi connectivity index (χ0) is 27.9. The number of aromatic nitrogens is 1. The van der Waals surface area contributed by atoms with Gasteiger partial charge in [-0.3, -0.25) is 9.59 Å². The fourth-order valence-electron chi connectivity index (χ4n) is 5.61. The summed E-state index contributed by atoms with van der Waals surface area (Å²) in [5, 5.41) is 2.92. The fraction of sp³-hybridized carbons (Fsp3) is 0.438. The number of nitrogens with one attached hydrogen (secondary N) is 2. The van der Waals surface area contributed by atoms with Crippen molar-refractivity contribution in [3.63, 3.8) is 0 Å².